The van der Waals surface area contributed by atoms with E-state index in [1.165, 1.54) is 0 Å². The van der Waals surface area contributed by atoms with Crippen molar-refractivity contribution in [1.82, 2.24) is 14.8 Å². The van der Waals surface area contributed by atoms with Gasteiger partial charge >= 0.3 is 0 Å². The van der Waals surface area contributed by atoms with Crippen LogP contribution >= 0.6 is 23.8 Å². The normalized spacial score (nSPS) is 10.9. The molecule has 9 heteroatoms. The van der Waals surface area contributed by atoms with Crippen molar-refractivity contribution in [3.8, 4) is 11.4 Å². The third-order valence-electron chi connectivity index (χ3n) is 4.22. The number of ether oxygens (including phenoxy) is 2. The summed E-state index contributed by atoms with van der Waals surface area (Å²) >= 11 is 11.2. The maximum absolute atomic E-state index is 12.6. The molecular weight excluding hydrogens is 424 g/mol. The van der Waals surface area contributed by atoms with Crippen molar-refractivity contribution >= 4 is 35.4 Å². The molecule has 7 nitrogen and oxygen atoms in total. The molecule has 0 spiro atoms. The van der Waals surface area contributed by atoms with Crippen molar-refractivity contribution in [3.05, 3.63) is 63.9 Å². The Hall–Kier alpha value is -2.52. The second-order valence-electron chi connectivity index (χ2n) is 6.44. The molecule has 0 saturated heterocycles. The Morgan fingerprint density at radius 3 is 2.73 bits per heavy atom. The molecule has 0 aliphatic carbocycles. The highest BCUT2D eigenvalue weighted by molar-refractivity contribution is 7.71. The first-order valence-corrected chi connectivity index (χ1v) is 10.3. The SMILES string of the molecule is CCOCCOCc1cccc(NC(=O)Cn2c(-c3ccc(Cl)cc3)n[nH]c2=S)c1. The van der Waals surface area contributed by atoms with Gasteiger partial charge in [0.2, 0.25) is 5.91 Å². The molecule has 0 radical (unpaired) electrons. The smallest absolute Gasteiger partial charge is 0.244 e. The summed E-state index contributed by atoms with van der Waals surface area (Å²) < 4.78 is 12.8. The molecule has 0 saturated carbocycles. The van der Waals surface area contributed by atoms with Crippen LogP contribution in [0.25, 0.3) is 11.4 Å². The number of halogens is 1. The van der Waals surface area contributed by atoms with Crippen LogP contribution in [-0.4, -0.2) is 40.5 Å². The molecule has 0 fully saturated rings. The quantitative estimate of drug-likeness (QED) is 0.355. The van der Waals surface area contributed by atoms with Crippen LogP contribution in [0.5, 0.6) is 0 Å². The van der Waals surface area contributed by atoms with E-state index >= 15 is 0 Å². The number of nitrogens with zero attached hydrogens (tertiary/aromatic N) is 2. The van der Waals surface area contributed by atoms with Gasteiger partial charge in [0.25, 0.3) is 0 Å². The number of hydrogen-bond donors (Lipinski definition) is 2. The number of aromatic amines is 1. The molecule has 0 aliphatic heterocycles. The molecular formula is C21H23ClN4O3S. The number of benzene rings is 2. The van der Waals surface area contributed by atoms with E-state index in [1.54, 1.807) is 16.7 Å². The van der Waals surface area contributed by atoms with Gasteiger partial charge in [-0.15, -0.1) is 0 Å². The molecule has 0 unspecified atom stereocenters. The molecule has 158 valence electrons. The number of hydrogen-bond acceptors (Lipinski definition) is 5. The Bertz CT molecular complexity index is 1030. The Balaban J connectivity index is 1.63. The van der Waals surface area contributed by atoms with Crippen molar-refractivity contribution in [2.45, 2.75) is 20.1 Å². The third kappa shape index (κ3) is 6.24. The maximum atomic E-state index is 12.6. The Morgan fingerprint density at radius 2 is 1.97 bits per heavy atom. The van der Waals surface area contributed by atoms with Crippen LogP contribution in [0.15, 0.2) is 48.5 Å². The Morgan fingerprint density at radius 1 is 1.20 bits per heavy atom. The number of rotatable bonds is 10. The van der Waals surface area contributed by atoms with Crippen LogP contribution < -0.4 is 5.32 Å². The molecule has 1 amide bonds. The summed E-state index contributed by atoms with van der Waals surface area (Å²) in [4.78, 5) is 12.6. The molecule has 2 aromatic carbocycles. The fourth-order valence-corrected chi connectivity index (χ4v) is 3.14. The summed E-state index contributed by atoms with van der Waals surface area (Å²) in [5.74, 6) is 0.361. The minimum Gasteiger partial charge on any atom is -0.379 e. The highest BCUT2D eigenvalue weighted by Crippen LogP contribution is 2.20. The molecule has 1 heterocycles. The number of aromatic nitrogens is 3. The van der Waals surface area contributed by atoms with E-state index in [1.807, 2.05) is 43.3 Å². The number of anilines is 1. The number of carbonyl (C=O) groups is 1. The average molecular weight is 447 g/mol. The standard InChI is InChI=1S/C21H23ClN4O3S/c1-2-28-10-11-29-14-15-4-3-5-18(12-15)23-19(27)13-26-20(24-25-21(26)30)16-6-8-17(22)9-7-16/h3-9,12H,2,10-11,13-14H2,1H3,(H,23,27)(H,25,30). The van der Waals surface area contributed by atoms with Crippen molar-refractivity contribution in [2.75, 3.05) is 25.1 Å². The number of H-pyrrole nitrogens is 1. The minimum atomic E-state index is -0.211. The molecule has 1 aromatic heterocycles. The molecule has 3 aromatic rings. The van der Waals surface area contributed by atoms with Crippen LogP contribution in [-0.2, 0) is 27.4 Å². The van der Waals surface area contributed by atoms with Gasteiger partial charge in [-0.2, -0.15) is 5.10 Å². The van der Waals surface area contributed by atoms with E-state index in [0.29, 0.717) is 47.7 Å². The first kappa shape index (κ1) is 22.2. The summed E-state index contributed by atoms with van der Waals surface area (Å²) in [6.07, 6.45) is 0. The predicted molar refractivity (Wildman–Crippen MR) is 119 cm³/mol. The van der Waals surface area contributed by atoms with Crippen LogP contribution in [0.2, 0.25) is 5.02 Å². The average Bonchev–Trinajstić information content (AvgIpc) is 3.09. The lowest BCUT2D eigenvalue weighted by Crippen LogP contribution is -2.19. The minimum absolute atomic E-state index is 0.0301. The van der Waals surface area contributed by atoms with E-state index in [0.717, 1.165) is 11.1 Å². The predicted octanol–water partition coefficient (Wildman–Crippen LogP) is 4.45. The molecule has 0 bridgehead atoms. The lowest BCUT2D eigenvalue weighted by Gasteiger charge is -2.10. The van der Waals surface area contributed by atoms with E-state index < -0.39 is 0 Å². The zero-order valence-corrected chi connectivity index (χ0v) is 18.1. The second-order valence-corrected chi connectivity index (χ2v) is 7.27. The van der Waals surface area contributed by atoms with Crippen LogP contribution in [0.3, 0.4) is 0 Å². The van der Waals surface area contributed by atoms with Gasteiger partial charge < -0.3 is 14.8 Å². The highest BCUT2D eigenvalue weighted by Gasteiger charge is 2.13. The van der Waals surface area contributed by atoms with Crippen molar-refractivity contribution < 1.29 is 14.3 Å². The largest absolute Gasteiger partial charge is 0.379 e. The van der Waals surface area contributed by atoms with Gasteiger partial charge in [-0.3, -0.25) is 14.5 Å². The fourth-order valence-electron chi connectivity index (χ4n) is 2.82. The van der Waals surface area contributed by atoms with Gasteiger partial charge in [0, 0.05) is 22.9 Å². The van der Waals surface area contributed by atoms with Gasteiger partial charge in [-0.1, -0.05) is 23.7 Å². The van der Waals surface area contributed by atoms with Gasteiger partial charge in [-0.05, 0) is 61.1 Å². The lowest BCUT2D eigenvalue weighted by atomic mass is 10.2. The van der Waals surface area contributed by atoms with E-state index in [9.17, 15) is 4.79 Å². The summed E-state index contributed by atoms with van der Waals surface area (Å²) in [6, 6.07) is 14.7. The van der Waals surface area contributed by atoms with Gasteiger partial charge in [0.05, 0.1) is 19.8 Å². The summed E-state index contributed by atoms with van der Waals surface area (Å²) in [7, 11) is 0. The van der Waals surface area contributed by atoms with E-state index in [4.69, 9.17) is 33.3 Å². The van der Waals surface area contributed by atoms with Crippen molar-refractivity contribution in [1.29, 1.82) is 0 Å². The van der Waals surface area contributed by atoms with E-state index in [2.05, 4.69) is 15.5 Å². The summed E-state index contributed by atoms with van der Waals surface area (Å²) in [6.45, 7) is 4.18. The lowest BCUT2D eigenvalue weighted by molar-refractivity contribution is -0.116. The molecule has 0 atom stereocenters. The Kier molecular flexibility index (Phi) is 8.15. The third-order valence-corrected chi connectivity index (χ3v) is 4.78. The van der Waals surface area contributed by atoms with Crippen LogP contribution in [0, 0.1) is 4.77 Å². The molecule has 30 heavy (non-hydrogen) atoms. The fraction of sp³-hybridized carbons (Fsp3) is 0.286. The number of carbonyl (C=O) groups excluding carboxylic acids is 1. The van der Waals surface area contributed by atoms with Gasteiger partial charge in [-0.25, -0.2) is 0 Å². The van der Waals surface area contributed by atoms with Gasteiger partial charge in [0.15, 0.2) is 10.6 Å². The van der Waals surface area contributed by atoms with Crippen molar-refractivity contribution in [2.24, 2.45) is 0 Å². The van der Waals surface area contributed by atoms with Crippen LogP contribution in [0.4, 0.5) is 5.69 Å². The highest BCUT2D eigenvalue weighted by atomic mass is 35.5. The zero-order valence-electron chi connectivity index (χ0n) is 16.6. The molecule has 3 rings (SSSR count). The Labute approximate surface area is 185 Å². The van der Waals surface area contributed by atoms with Crippen LogP contribution in [0.1, 0.15) is 12.5 Å². The zero-order chi connectivity index (χ0) is 21.3. The summed E-state index contributed by atoms with van der Waals surface area (Å²) in [5.41, 5.74) is 2.46. The monoisotopic (exact) mass is 446 g/mol. The number of nitrogens with one attached hydrogen (secondary N) is 2. The van der Waals surface area contributed by atoms with Crippen molar-refractivity contribution in [3.63, 3.8) is 0 Å². The first-order valence-electron chi connectivity index (χ1n) is 9.52. The molecule has 0 aliphatic rings. The number of amides is 1. The first-order chi connectivity index (χ1) is 14.6. The second kappa shape index (κ2) is 11.0. The van der Waals surface area contributed by atoms with Gasteiger partial charge in [0.1, 0.15) is 6.54 Å². The maximum Gasteiger partial charge on any atom is 0.244 e. The topological polar surface area (TPSA) is 81.2 Å². The molecule has 2 N–H and O–H groups in total. The summed E-state index contributed by atoms with van der Waals surface area (Å²) in [5, 5.41) is 10.5. The van der Waals surface area contributed by atoms with E-state index in [-0.39, 0.29) is 12.5 Å².